The molecule has 0 saturated carbocycles. The molecule has 0 radical (unpaired) electrons. The van der Waals surface area contributed by atoms with Crippen LogP contribution in [0.3, 0.4) is 0 Å². The smallest absolute Gasteiger partial charge is 0.303 e. The Bertz CT molecular complexity index is 426. The Hall–Kier alpha value is -1.71. The van der Waals surface area contributed by atoms with Crippen LogP contribution in [0.1, 0.15) is 20.8 Å². The van der Waals surface area contributed by atoms with Gasteiger partial charge in [-0.25, -0.2) is 0 Å². The SMILES string of the molecule is CO[C@H]1[C@H](OC(C)=O)[C@@H](COC(C)=O)OC(O)[C@@H]1NC(C)=O. The van der Waals surface area contributed by atoms with Crippen LogP contribution in [0.2, 0.25) is 0 Å². The number of methoxy groups -OCH3 is 1. The van der Waals surface area contributed by atoms with Crippen LogP contribution in [-0.2, 0) is 33.3 Å². The molecule has 1 rings (SSSR count). The molecular formula is C13H21NO8. The van der Waals surface area contributed by atoms with Gasteiger partial charge in [-0.3, -0.25) is 14.4 Å². The van der Waals surface area contributed by atoms with Gasteiger partial charge in [0.25, 0.3) is 0 Å². The molecule has 1 saturated heterocycles. The molecule has 0 aromatic heterocycles. The highest BCUT2D eigenvalue weighted by molar-refractivity contribution is 5.73. The number of carbonyl (C=O) groups is 3. The van der Waals surface area contributed by atoms with Gasteiger partial charge in [-0.05, 0) is 0 Å². The number of esters is 2. The van der Waals surface area contributed by atoms with Crippen LogP contribution in [0.15, 0.2) is 0 Å². The fourth-order valence-corrected chi connectivity index (χ4v) is 2.26. The zero-order valence-corrected chi connectivity index (χ0v) is 12.9. The van der Waals surface area contributed by atoms with Crippen molar-refractivity contribution in [1.82, 2.24) is 5.32 Å². The van der Waals surface area contributed by atoms with Crippen molar-refractivity contribution in [3.63, 3.8) is 0 Å². The minimum atomic E-state index is -1.40. The molecule has 0 aliphatic carbocycles. The summed E-state index contributed by atoms with van der Waals surface area (Å²) in [5, 5.41) is 12.5. The maximum atomic E-state index is 11.3. The first-order chi connectivity index (χ1) is 10.3. The van der Waals surface area contributed by atoms with Gasteiger partial charge in [-0.1, -0.05) is 0 Å². The molecular weight excluding hydrogens is 298 g/mol. The van der Waals surface area contributed by atoms with E-state index >= 15 is 0 Å². The average Bonchev–Trinajstić information content (AvgIpc) is 2.39. The Balaban J connectivity index is 2.96. The highest BCUT2D eigenvalue weighted by atomic mass is 16.7. The van der Waals surface area contributed by atoms with Gasteiger partial charge in [0.05, 0.1) is 0 Å². The quantitative estimate of drug-likeness (QED) is 0.601. The predicted octanol–water partition coefficient (Wildman–Crippen LogP) is -1.28. The fourth-order valence-electron chi connectivity index (χ4n) is 2.26. The third-order valence-electron chi connectivity index (χ3n) is 3.06. The number of aliphatic hydroxyl groups excluding tert-OH is 1. The molecule has 9 heteroatoms. The molecule has 22 heavy (non-hydrogen) atoms. The zero-order chi connectivity index (χ0) is 16.9. The van der Waals surface area contributed by atoms with Crippen molar-refractivity contribution in [1.29, 1.82) is 0 Å². The Morgan fingerprint density at radius 2 is 1.77 bits per heavy atom. The molecule has 1 amide bonds. The van der Waals surface area contributed by atoms with Gasteiger partial charge < -0.3 is 29.4 Å². The molecule has 0 aromatic rings. The summed E-state index contributed by atoms with van der Waals surface area (Å²) in [6.07, 6.45) is -4.14. The van der Waals surface area contributed by atoms with Crippen molar-refractivity contribution in [2.24, 2.45) is 0 Å². The molecule has 126 valence electrons. The molecule has 9 nitrogen and oxygen atoms in total. The Kier molecular flexibility index (Phi) is 6.72. The standard InChI is InChI=1S/C13H21NO8/c1-6(15)14-10-12(19-4)11(21-8(3)17)9(22-13(10)18)5-20-7(2)16/h9-13,18H,5H2,1-4H3,(H,14,15)/t9-,10-,11-,12-,13?/m1/s1. The molecule has 1 aliphatic rings. The van der Waals surface area contributed by atoms with Crippen LogP contribution in [0.5, 0.6) is 0 Å². The van der Waals surface area contributed by atoms with Crippen LogP contribution >= 0.6 is 0 Å². The lowest BCUT2D eigenvalue weighted by Gasteiger charge is -2.43. The molecule has 2 N–H and O–H groups in total. The summed E-state index contributed by atoms with van der Waals surface area (Å²) >= 11 is 0. The third kappa shape index (κ3) is 4.93. The molecule has 1 fully saturated rings. The third-order valence-corrected chi connectivity index (χ3v) is 3.06. The lowest BCUT2D eigenvalue weighted by Crippen LogP contribution is -2.65. The number of amides is 1. The largest absolute Gasteiger partial charge is 0.463 e. The maximum absolute atomic E-state index is 11.3. The topological polar surface area (TPSA) is 120 Å². The molecule has 1 unspecified atom stereocenters. The normalized spacial score (nSPS) is 31.2. The maximum Gasteiger partial charge on any atom is 0.303 e. The summed E-state index contributed by atoms with van der Waals surface area (Å²) in [4.78, 5) is 33.4. The predicted molar refractivity (Wildman–Crippen MR) is 71.5 cm³/mol. The van der Waals surface area contributed by atoms with E-state index in [0.29, 0.717) is 0 Å². The zero-order valence-electron chi connectivity index (χ0n) is 12.9. The number of ether oxygens (including phenoxy) is 4. The van der Waals surface area contributed by atoms with E-state index in [9.17, 15) is 19.5 Å². The highest BCUT2D eigenvalue weighted by Gasteiger charge is 2.48. The lowest BCUT2D eigenvalue weighted by molar-refractivity contribution is -0.264. The van der Waals surface area contributed by atoms with Crippen molar-refractivity contribution in [2.45, 2.75) is 51.4 Å². The van der Waals surface area contributed by atoms with Gasteiger partial charge in [0.1, 0.15) is 24.9 Å². The van der Waals surface area contributed by atoms with E-state index in [4.69, 9.17) is 18.9 Å². The van der Waals surface area contributed by atoms with Crippen molar-refractivity contribution in [3.8, 4) is 0 Å². The number of carbonyl (C=O) groups excluding carboxylic acids is 3. The number of rotatable bonds is 5. The average molecular weight is 319 g/mol. The number of hydrogen-bond acceptors (Lipinski definition) is 8. The Morgan fingerprint density at radius 3 is 2.23 bits per heavy atom. The van der Waals surface area contributed by atoms with Crippen LogP contribution in [0.25, 0.3) is 0 Å². The number of hydrogen-bond donors (Lipinski definition) is 2. The second-order valence-corrected chi connectivity index (χ2v) is 4.87. The van der Waals surface area contributed by atoms with Gasteiger partial charge >= 0.3 is 11.9 Å². The second-order valence-electron chi connectivity index (χ2n) is 4.87. The Morgan fingerprint density at radius 1 is 1.14 bits per heavy atom. The van der Waals surface area contributed by atoms with Crippen LogP contribution in [0.4, 0.5) is 0 Å². The fraction of sp³-hybridized carbons (Fsp3) is 0.769. The van der Waals surface area contributed by atoms with E-state index < -0.39 is 48.5 Å². The van der Waals surface area contributed by atoms with Crippen LogP contribution in [0, 0.1) is 0 Å². The van der Waals surface area contributed by atoms with Crippen molar-refractivity contribution < 1.29 is 38.4 Å². The van der Waals surface area contributed by atoms with E-state index in [-0.39, 0.29) is 6.61 Å². The molecule has 0 bridgehead atoms. The second kappa shape index (κ2) is 8.06. The van der Waals surface area contributed by atoms with E-state index in [1.807, 2.05) is 0 Å². The van der Waals surface area contributed by atoms with Crippen molar-refractivity contribution in [3.05, 3.63) is 0 Å². The van der Waals surface area contributed by atoms with E-state index in [2.05, 4.69) is 5.32 Å². The lowest BCUT2D eigenvalue weighted by atomic mass is 9.96. The minimum absolute atomic E-state index is 0.225. The number of nitrogens with one attached hydrogen (secondary N) is 1. The molecule has 0 aromatic carbocycles. The summed E-state index contributed by atoms with van der Waals surface area (Å²) in [6, 6.07) is -0.930. The van der Waals surface area contributed by atoms with Gasteiger partial charge in [-0.15, -0.1) is 0 Å². The first-order valence-corrected chi connectivity index (χ1v) is 6.70. The molecule has 0 spiro atoms. The Labute approximate surface area is 127 Å². The summed E-state index contributed by atoms with van der Waals surface area (Å²) in [5.41, 5.74) is 0. The van der Waals surface area contributed by atoms with E-state index in [1.54, 1.807) is 0 Å². The van der Waals surface area contributed by atoms with Crippen molar-refractivity contribution in [2.75, 3.05) is 13.7 Å². The van der Waals surface area contributed by atoms with Crippen molar-refractivity contribution >= 4 is 17.8 Å². The molecule has 5 atom stereocenters. The monoisotopic (exact) mass is 319 g/mol. The van der Waals surface area contributed by atoms with Gasteiger partial charge in [0.15, 0.2) is 12.4 Å². The van der Waals surface area contributed by atoms with Crippen LogP contribution < -0.4 is 5.32 Å². The van der Waals surface area contributed by atoms with Gasteiger partial charge in [-0.2, -0.15) is 0 Å². The minimum Gasteiger partial charge on any atom is -0.463 e. The summed E-state index contributed by atoms with van der Waals surface area (Å²) < 4.78 is 20.6. The van der Waals surface area contributed by atoms with Gasteiger partial charge in [0, 0.05) is 27.9 Å². The van der Waals surface area contributed by atoms with Crippen LogP contribution in [-0.4, -0.2) is 67.3 Å². The van der Waals surface area contributed by atoms with E-state index in [0.717, 1.165) is 0 Å². The highest BCUT2D eigenvalue weighted by Crippen LogP contribution is 2.25. The number of aliphatic hydroxyl groups is 1. The van der Waals surface area contributed by atoms with Gasteiger partial charge in [0.2, 0.25) is 5.91 Å². The molecule has 1 heterocycles. The summed E-state index contributed by atoms with van der Waals surface area (Å²) in [5.74, 6) is -1.55. The van der Waals surface area contributed by atoms with E-state index in [1.165, 1.54) is 27.9 Å². The summed E-state index contributed by atoms with van der Waals surface area (Å²) in [6.45, 7) is 3.46. The first kappa shape index (κ1) is 18.3. The summed E-state index contributed by atoms with van der Waals surface area (Å²) in [7, 11) is 1.34. The molecule has 1 aliphatic heterocycles. The first-order valence-electron chi connectivity index (χ1n) is 6.70.